The summed E-state index contributed by atoms with van der Waals surface area (Å²) in [4.78, 5) is 19.6. The number of aryl methyl sites for hydroxylation is 1. The minimum atomic E-state index is -0.144. The first-order chi connectivity index (χ1) is 15.5. The summed E-state index contributed by atoms with van der Waals surface area (Å²) >= 11 is 0. The number of nitrogens with one attached hydrogen (secondary N) is 1. The molecule has 168 valence electrons. The first-order valence-corrected chi connectivity index (χ1v) is 11.2. The summed E-state index contributed by atoms with van der Waals surface area (Å²) in [6, 6.07) is 16.5. The Kier molecular flexibility index (Phi) is 6.97. The number of morpholine rings is 1. The van der Waals surface area contributed by atoms with Crippen LogP contribution in [0.1, 0.15) is 48.5 Å². The third-order valence-electron chi connectivity index (χ3n) is 5.74. The van der Waals surface area contributed by atoms with E-state index in [1.807, 2.05) is 36.7 Å². The van der Waals surface area contributed by atoms with Crippen molar-refractivity contribution < 1.29 is 9.53 Å². The van der Waals surface area contributed by atoms with Gasteiger partial charge >= 0.3 is 0 Å². The molecule has 1 aromatic carbocycles. The maximum Gasteiger partial charge on any atom is 0.239 e. The molecule has 1 saturated heterocycles. The van der Waals surface area contributed by atoms with Crippen LogP contribution in [0.15, 0.2) is 54.7 Å². The Morgan fingerprint density at radius 3 is 2.84 bits per heavy atom. The van der Waals surface area contributed by atoms with Gasteiger partial charge in [0, 0.05) is 37.3 Å². The molecule has 2 aromatic heterocycles. The molecule has 1 atom stereocenters. The highest BCUT2D eigenvalue weighted by atomic mass is 16.5. The summed E-state index contributed by atoms with van der Waals surface area (Å²) in [5, 5.41) is 7.25. The van der Waals surface area contributed by atoms with Gasteiger partial charge in [0.25, 0.3) is 0 Å². The zero-order valence-corrected chi connectivity index (χ0v) is 19.0. The Bertz CT molecular complexity index is 1060. The molecule has 1 fully saturated rings. The highest BCUT2D eigenvalue weighted by Crippen LogP contribution is 2.22. The molecule has 4 rings (SSSR count). The average Bonchev–Trinajstić information content (AvgIpc) is 3.24. The lowest BCUT2D eigenvalue weighted by molar-refractivity contribution is -0.119. The van der Waals surface area contributed by atoms with Gasteiger partial charge in [-0.3, -0.25) is 14.7 Å². The zero-order valence-electron chi connectivity index (χ0n) is 19.0. The van der Waals surface area contributed by atoms with E-state index in [1.165, 1.54) is 11.1 Å². The molecule has 0 saturated carbocycles. The molecule has 0 unspecified atom stereocenters. The summed E-state index contributed by atoms with van der Waals surface area (Å²) < 4.78 is 7.82. The molecule has 32 heavy (non-hydrogen) atoms. The topological polar surface area (TPSA) is 72.3 Å². The van der Waals surface area contributed by atoms with Gasteiger partial charge in [0.15, 0.2) is 0 Å². The second kappa shape index (κ2) is 10.1. The van der Waals surface area contributed by atoms with Crippen LogP contribution in [-0.2, 0) is 16.0 Å². The number of benzene rings is 1. The number of pyridine rings is 1. The zero-order chi connectivity index (χ0) is 22.5. The minimum Gasteiger partial charge on any atom is -0.369 e. The fourth-order valence-electron chi connectivity index (χ4n) is 4.01. The number of carbonyl (C=O) groups is 1. The van der Waals surface area contributed by atoms with E-state index in [9.17, 15) is 4.79 Å². The fourth-order valence-corrected chi connectivity index (χ4v) is 4.01. The van der Waals surface area contributed by atoms with Crippen molar-refractivity contribution in [2.45, 2.75) is 39.3 Å². The molecule has 0 bridgehead atoms. The van der Waals surface area contributed by atoms with E-state index in [0.717, 1.165) is 30.2 Å². The Balaban J connectivity index is 1.38. The van der Waals surface area contributed by atoms with Crippen LogP contribution in [0.3, 0.4) is 0 Å². The number of hydrogen-bond acceptors (Lipinski definition) is 5. The summed E-state index contributed by atoms with van der Waals surface area (Å²) in [5.74, 6) is 0.676. The Hall–Kier alpha value is -3.03. The molecular formula is C25H31N5O2. The quantitative estimate of drug-likeness (QED) is 0.614. The first-order valence-electron chi connectivity index (χ1n) is 11.2. The lowest BCUT2D eigenvalue weighted by atomic mass is 10.0. The van der Waals surface area contributed by atoms with Crippen molar-refractivity contribution >= 4 is 11.7 Å². The van der Waals surface area contributed by atoms with Crippen molar-refractivity contribution in [1.29, 1.82) is 0 Å². The molecule has 3 heterocycles. The highest BCUT2D eigenvalue weighted by Gasteiger charge is 2.25. The van der Waals surface area contributed by atoms with Gasteiger partial charge in [-0.15, -0.1) is 0 Å². The van der Waals surface area contributed by atoms with Gasteiger partial charge in [-0.05, 0) is 44.0 Å². The van der Waals surface area contributed by atoms with Crippen molar-refractivity contribution in [3.05, 3.63) is 77.2 Å². The molecule has 0 radical (unpaired) electrons. The van der Waals surface area contributed by atoms with E-state index in [1.54, 1.807) is 6.20 Å². The van der Waals surface area contributed by atoms with Crippen LogP contribution in [0.4, 0.5) is 5.82 Å². The monoisotopic (exact) mass is 433 g/mol. The minimum absolute atomic E-state index is 0.0469. The maximum atomic E-state index is 12.6. The lowest BCUT2D eigenvalue weighted by Crippen LogP contribution is -2.43. The second-order valence-corrected chi connectivity index (χ2v) is 8.55. The molecule has 0 aliphatic carbocycles. The smallest absolute Gasteiger partial charge is 0.239 e. The third kappa shape index (κ3) is 5.41. The average molecular weight is 434 g/mol. The van der Waals surface area contributed by atoms with Crippen LogP contribution in [0, 0.1) is 6.92 Å². The van der Waals surface area contributed by atoms with Gasteiger partial charge in [0.05, 0.1) is 25.0 Å². The summed E-state index contributed by atoms with van der Waals surface area (Å²) in [5.41, 5.74) is 4.49. The predicted octanol–water partition coefficient (Wildman–Crippen LogP) is 3.77. The van der Waals surface area contributed by atoms with Crippen LogP contribution >= 0.6 is 0 Å². The van der Waals surface area contributed by atoms with Crippen molar-refractivity contribution in [2.24, 2.45) is 0 Å². The van der Waals surface area contributed by atoms with Crippen molar-refractivity contribution in [2.75, 3.05) is 31.6 Å². The largest absolute Gasteiger partial charge is 0.369 e. The number of hydrogen-bond donors (Lipinski definition) is 1. The predicted molar refractivity (Wildman–Crippen MR) is 125 cm³/mol. The molecule has 7 nitrogen and oxygen atoms in total. The molecule has 1 aliphatic heterocycles. The summed E-state index contributed by atoms with van der Waals surface area (Å²) in [7, 11) is 0. The first kappa shape index (κ1) is 22.2. The van der Waals surface area contributed by atoms with Crippen LogP contribution in [-0.4, -0.2) is 51.8 Å². The van der Waals surface area contributed by atoms with Crippen molar-refractivity contribution in [1.82, 2.24) is 19.7 Å². The Labute approximate surface area is 189 Å². The van der Waals surface area contributed by atoms with E-state index < -0.39 is 0 Å². The number of ether oxygens (including phenoxy) is 1. The van der Waals surface area contributed by atoms with Gasteiger partial charge < -0.3 is 10.1 Å². The van der Waals surface area contributed by atoms with Gasteiger partial charge in [-0.25, -0.2) is 4.68 Å². The van der Waals surface area contributed by atoms with E-state index in [-0.39, 0.29) is 18.1 Å². The number of amides is 1. The van der Waals surface area contributed by atoms with Gasteiger partial charge in [-0.2, -0.15) is 5.10 Å². The molecule has 1 amide bonds. The molecule has 0 spiro atoms. The third-order valence-corrected chi connectivity index (χ3v) is 5.74. The lowest BCUT2D eigenvalue weighted by Gasteiger charge is -2.32. The van der Waals surface area contributed by atoms with E-state index in [0.29, 0.717) is 19.7 Å². The normalized spacial score (nSPS) is 16.9. The summed E-state index contributed by atoms with van der Waals surface area (Å²) in [6.45, 7) is 8.44. The van der Waals surface area contributed by atoms with Crippen LogP contribution in [0.2, 0.25) is 0 Å². The van der Waals surface area contributed by atoms with Crippen molar-refractivity contribution in [3.63, 3.8) is 0 Å². The molecule has 3 aromatic rings. The standard InChI is InChI=1S/C25H31N5O2/c1-18(2)30-24(11-12-26-30)28-25(31)17-29-13-14-32-23(16-29)22-10-6-9-21(27-22)15-20-8-5-4-7-19(20)3/h4-12,18,23H,13-17H2,1-3H3,(H,28,31)/t23-/m0/s1. The molecule has 7 heteroatoms. The van der Waals surface area contributed by atoms with Gasteiger partial charge in [-0.1, -0.05) is 30.3 Å². The van der Waals surface area contributed by atoms with Crippen molar-refractivity contribution in [3.8, 4) is 0 Å². The van der Waals surface area contributed by atoms with Gasteiger partial charge in [0.2, 0.25) is 5.91 Å². The van der Waals surface area contributed by atoms with Gasteiger partial charge in [0.1, 0.15) is 11.9 Å². The van der Waals surface area contributed by atoms with Crippen LogP contribution < -0.4 is 5.32 Å². The Morgan fingerprint density at radius 1 is 1.19 bits per heavy atom. The SMILES string of the molecule is Cc1ccccc1Cc1cccc([C@@H]2CN(CC(=O)Nc3ccnn3C(C)C)CCO2)n1. The highest BCUT2D eigenvalue weighted by molar-refractivity contribution is 5.91. The van der Waals surface area contributed by atoms with E-state index >= 15 is 0 Å². The molecule has 1 aliphatic rings. The number of rotatable bonds is 7. The fraction of sp³-hybridized carbons (Fsp3) is 0.400. The number of aromatic nitrogens is 3. The van der Waals surface area contributed by atoms with Crippen LogP contribution in [0.25, 0.3) is 0 Å². The Morgan fingerprint density at radius 2 is 2.03 bits per heavy atom. The molecule has 1 N–H and O–H groups in total. The maximum absolute atomic E-state index is 12.6. The van der Waals surface area contributed by atoms with Crippen LogP contribution in [0.5, 0.6) is 0 Å². The number of carbonyl (C=O) groups excluding carboxylic acids is 1. The van der Waals surface area contributed by atoms with E-state index in [2.05, 4.69) is 52.6 Å². The second-order valence-electron chi connectivity index (χ2n) is 8.55. The number of nitrogens with zero attached hydrogens (tertiary/aromatic N) is 4. The summed E-state index contributed by atoms with van der Waals surface area (Å²) in [6.07, 6.45) is 2.35. The molecular weight excluding hydrogens is 402 g/mol. The van der Waals surface area contributed by atoms with E-state index in [4.69, 9.17) is 9.72 Å². The number of anilines is 1.